The van der Waals surface area contributed by atoms with Gasteiger partial charge in [-0.15, -0.1) is 11.3 Å². The Morgan fingerprint density at radius 3 is 2.15 bits per heavy atom. The highest BCUT2D eigenvalue weighted by Gasteiger charge is 2.19. The lowest BCUT2D eigenvalue weighted by molar-refractivity contribution is 0.0695. The number of benzene rings is 2. The van der Waals surface area contributed by atoms with Gasteiger partial charge in [0.15, 0.2) is 0 Å². The Hall–Kier alpha value is -3.98. The Morgan fingerprint density at radius 2 is 1.55 bits per heavy atom. The van der Waals surface area contributed by atoms with E-state index in [2.05, 4.69) is 16.0 Å². The molecule has 0 aliphatic rings. The number of carbonyl (C=O) groups excluding carboxylic acids is 3. The molecular formula is C24H23N3O5S. The molecule has 170 valence electrons. The van der Waals surface area contributed by atoms with Crippen LogP contribution in [-0.2, 0) is 13.1 Å². The summed E-state index contributed by atoms with van der Waals surface area (Å²) in [4.78, 5) is 47.6. The highest BCUT2D eigenvalue weighted by atomic mass is 32.1. The fourth-order valence-electron chi connectivity index (χ4n) is 3.19. The van der Waals surface area contributed by atoms with E-state index in [-0.39, 0.29) is 30.5 Å². The predicted molar refractivity (Wildman–Crippen MR) is 126 cm³/mol. The number of carbonyl (C=O) groups is 4. The van der Waals surface area contributed by atoms with Crippen molar-refractivity contribution in [3.05, 3.63) is 86.8 Å². The first kappa shape index (κ1) is 23.7. The SMILES string of the molecule is CNc1sc(C(=O)NCc2ccc(C=O)cc2)cc1C(=O)NCc1ccc(C(=O)O)c(C)c1. The van der Waals surface area contributed by atoms with E-state index in [1.54, 1.807) is 50.4 Å². The third-order valence-electron chi connectivity index (χ3n) is 4.97. The molecule has 2 aromatic carbocycles. The fourth-order valence-corrected chi connectivity index (χ4v) is 4.12. The molecule has 3 rings (SSSR count). The van der Waals surface area contributed by atoms with Gasteiger partial charge in [0.05, 0.1) is 16.0 Å². The summed E-state index contributed by atoms with van der Waals surface area (Å²) in [5.41, 5.74) is 3.36. The van der Waals surface area contributed by atoms with E-state index in [0.29, 0.717) is 26.6 Å². The minimum absolute atomic E-state index is 0.218. The van der Waals surface area contributed by atoms with Gasteiger partial charge < -0.3 is 21.1 Å². The minimum atomic E-state index is -0.996. The molecule has 0 spiro atoms. The second-order valence-corrected chi connectivity index (χ2v) is 8.33. The smallest absolute Gasteiger partial charge is 0.335 e. The second kappa shape index (κ2) is 10.6. The molecule has 8 nitrogen and oxygen atoms in total. The van der Waals surface area contributed by atoms with Gasteiger partial charge in [-0.1, -0.05) is 36.4 Å². The van der Waals surface area contributed by atoms with Gasteiger partial charge in [0, 0.05) is 25.7 Å². The number of thiophene rings is 1. The average molecular weight is 466 g/mol. The monoisotopic (exact) mass is 465 g/mol. The standard InChI is InChI=1S/C24H23N3O5S/c1-14-9-17(7-8-18(14)24(31)32)12-26-21(29)19-10-20(33-23(19)25-2)22(30)27-11-15-3-5-16(13-28)6-4-15/h3-10,13,25H,11-12H2,1-2H3,(H,26,29)(H,27,30)(H,31,32). The lowest BCUT2D eigenvalue weighted by Gasteiger charge is -2.08. The normalized spacial score (nSPS) is 10.4. The lowest BCUT2D eigenvalue weighted by atomic mass is 10.1. The van der Waals surface area contributed by atoms with Crippen LogP contribution in [0.15, 0.2) is 48.5 Å². The molecule has 0 saturated heterocycles. The van der Waals surface area contributed by atoms with Gasteiger partial charge in [0.1, 0.15) is 11.3 Å². The van der Waals surface area contributed by atoms with E-state index in [1.807, 2.05) is 0 Å². The van der Waals surface area contributed by atoms with E-state index >= 15 is 0 Å². The van der Waals surface area contributed by atoms with E-state index in [1.165, 1.54) is 23.5 Å². The maximum Gasteiger partial charge on any atom is 0.335 e. The molecule has 0 saturated carbocycles. The Kier molecular flexibility index (Phi) is 7.57. The molecule has 0 fully saturated rings. The maximum atomic E-state index is 12.7. The van der Waals surface area contributed by atoms with E-state index in [9.17, 15) is 19.2 Å². The van der Waals surface area contributed by atoms with Gasteiger partial charge in [-0.2, -0.15) is 0 Å². The van der Waals surface area contributed by atoms with Gasteiger partial charge in [0.25, 0.3) is 11.8 Å². The quantitative estimate of drug-likeness (QED) is 0.359. The maximum absolute atomic E-state index is 12.7. The highest BCUT2D eigenvalue weighted by Crippen LogP contribution is 2.28. The van der Waals surface area contributed by atoms with Crippen LogP contribution in [0.3, 0.4) is 0 Å². The Balaban J connectivity index is 1.64. The van der Waals surface area contributed by atoms with Crippen molar-refractivity contribution in [1.29, 1.82) is 0 Å². The number of aldehydes is 1. The number of hydrogen-bond acceptors (Lipinski definition) is 6. The summed E-state index contributed by atoms with van der Waals surface area (Å²) in [6, 6.07) is 13.3. The van der Waals surface area contributed by atoms with Gasteiger partial charge in [-0.3, -0.25) is 14.4 Å². The molecule has 0 atom stereocenters. The van der Waals surface area contributed by atoms with Crippen LogP contribution in [0, 0.1) is 6.92 Å². The molecule has 4 N–H and O–H groups in total. The number of anilines is 1. The second-order valence-electron chi connectivity index (χ2n) is 7.28. The molecule has 0 unspecified atom stereocenters. The topological polar surface area (TPSA) is 125 Å². The first-order valence-corrected chi connectivity index (χ1v) is 10.9. The number of aromatic carboxylic acids is 1. The summed E-state index contributed by atoms with van der Waals surface area (Å²) in [6.07, 6.45) is 0.756. The summed E-state index contributed by atoms with van der Waals surface area (Å²) in [5.74, 6) is -1.65. The van der Waals surface area contributed by atoms with Crippen molar-refractivity contribution >= 4 is 40.4 Å². The first-order chi connectivity index (χ1) is 15.8. The van der Waals surface area contributed by atoms with Crippen LogP contribution in [0.5, 0.6) is 0 Å². The van der Waals surface area contributed by atoms with Crippen LogP contribution >= 0.6 is 11.3 Å². The van der Waals surface area contributed by atoms with E-state index in [0.717, 1.165) is 17.4 Å². The molecule has 1 heterocycles. The molecule has 0 bridgehead atoms. The van der Waals surface area contributed by atoms with Crippen LogP contribution in [0.4, 0.5) is 5.00 Å². The number of rotatable bonds is 9. The molecular weight excluding hydrogens is 442 g/mol. The average Bonchev–Trinajstić information content (AvgIpc) is 3.26. The molecule has 33 heavy (non-hydrogen) atoms. The van der Waals surface area contributed by atoms with Crippen molar-refractivity contribution in [1.82, 2.24) is 10.6 Å². The van der Waals surface area contributed by atoms with Gasteiger partial charge >= 0.3 is 5.97 Å². The third-order valence-corrected chi connectivity index (χ3v) is 6.12. The summed E-state index contributed by atoms with van der Waals surface area (Å²) < 4.78 is 0. The van der Waals surface area contributed by atoms with Crippen LogP contribution < -0.4 is 16.0 Å². The zero-order valence-corrected chi connectivity index (χ0v) is 18.9. The minimum Gasteiger partial charge on any atom is -0.478 e. The summed E-state index contributed by atoms with van der Waals surface area (Å²) >= 11 is 1.17. The molecule has 1 aromatic heterocycles. The first-order valence-electron chi connectivity index (χ1n) is 10.1. The molecule has 2 amide bonds. The van der Waals surface area contributed by atoms with Gasteiger partial charge in [-0.25, -0.2) is 4.79 Å². The highest BCUT2D eigenvalue weighted by molar-refractivity contribution is 7.18. The zero-order chi connectivity index (χ0) is 24.0. The van der Waals surface area contributed by atoms with Crippen molar-refractivity contribution in [2.75, 3.05) is 12.4 Å². The molecule has 0 radical (unpaired) electrons. The van der Waals surface area contributed by atoms with Crippen molar-refractivity contribution in [3.8, 4) is 0 Å². The third kappa shape index (κ3) is 5.83. The van der Waals surface area contributed by atoms with Gasteiger partial charge in [0.2, 0.25) is 0 Å². The molecule has 0 aliphatic heterocycles. The number of amides is 2. The van der Waals surface area contributed by atoms with Crippen molar-refractivity contribution in [2.24, 2.45) is 0 Å². The Bertz CT molecular complexity index is 1200. The van der Waals surface area contributed by atoms with Crippen LogP contribution in [-0.4, -0.2) is 36.2 Å². The molecule has 0 aliphatic carbocycles. The molecule has 9 heteroatoms. The van der Waals surface area contributed by atoms with Crippen LogP contribution in [0.2, 0.25) is 0 Å². The predicted octanol–water partition coefficient (Wildman–Crippen LogP) is 3.47. The van der Waals surface area contributed by atoms with Crippen molar-refractivity contribution in [3.63, 3.8) is 0 Å². The number of hydrogen-bond donors (Lipinski definition) is 4. The number of carboxylic acids is 1. The largest absolute Gasteiger partial charge is 0.478 e. The van der Waals surface area contributed by atoms with Crippen molar-refractivity contribution in [2.45, 2.75) is 20.0 Å². The Labute approximate surface area is 194 Å². The van der Waals surface area contributed by atoms with E-state index in [4.69, 9.17) is 5.11 Å². The summed E-state index contributed by atoms with van der Waals surface area (Å²) in [7, 11) is 1.67. The zero-order valence-electron chi connectivity index (χ0n) is 18.1. The number of aryl methyl sites for hydroxylation is 1. The number of carboxylic acid groups (broad SMARTS) is 1. The molecule has 3 aromatic rings. The van der Waals surface area contributed by atoms with E-state index < -0.39 is 5.97 Å². The Morgan fingerprint density at radius 1 is 0.909 bits per heavy atom. The van der Waals surface area contributed by atoms with Gasteiger partial charge in [-0.05, 0) is 35.7 Å². The van der Waals surface area contributed by atoms with Crippen LogP contribution in [0.1, 0.15) is 57.4 Å². The fraction of sp³-hybridized carbons (Fsp3) is 0.167. The lowest BCUT2D eigenvalue weighted by Crippen LogP contribution is -2.24. The number of nitrogens with one attached hydrogen (secondary N) is 3. The summed E-state index contributed by atoms with van der Waals surface area (Å²) in [6.45, 7) is 2.21. The summed E-state index contributed by atoms with van der Waals surface area (Å²) in [5, 5.41) is 18.3. The van der Waals surface area contributed by atoms with Crippen LogP contribution in [0.25, 0.3) is 0 Å². The van der Waals surface area contributed by atoms with Crippen molar-refractivity contribution < 1.29 is 24.3 Å².